The van der Waals surface area contributed by atoms with E-state index in [1.54, 1.807) is 30.3 Å². The second kappa shape index (κ2) is 8.05. The summed E-state index contributed by atoms with van der Waals surface area (Å²) in [6, 6.07) is 13.7. The van der Waals surface area contributed by atoms with Crippen LogP contribution >= 0.6 is 0 Å². The molecule has 3 aromatic rings. The number of esters is 1. The van der Waals surface area contributed by atoms with Gasteiger partial charge in [0.25, 0.3) is 5.91 Å². The van der Waals surface area contributed by atoms with E-state index in [1.807, 2.05) is 0 Å². The minimum Gasteiger partial charge on any atom is -0.465 e. The van der Waals surface area contributed by atoms with Crippen molar-refractivity contribution >= 4 is 29.1 Å². The Morgan fingerprint density at radius 2 is 1.85 bits per heavy atom. The molecule has 1 amide bonds. The van der Waals surface area contributed by atoms with Crippen molar-refractivity contribution in [1.82, 2.24) is 9.97 Å². The van der Waals surface area contributed by atoms with Crippen LogP contribution in [0.1, 0.15) is 20.8 Å². The van der Waals surface area contributed by atoms with Gasteiger partial charge in [-0.15, -0.1) is 0 Å². The molecule has 136 valence electrons. The molecule has 8 heteroatoms. The molecule has 27 heavy (non-hydrogen) atoms. The number of para-hydroxylation sites is 1. The molecular weight excluding hydrogens is 351 g/mol. The molecule has 0 unspecified atom stereocenters. The van der Waals surface area contributed by atoms with E-state index >= 15 is 0 Å². The number of methoxy groups -OCH3 is 1. The summed E-state index contributed by atoms with van der Waals surface area (Å²) in [5.74, 6) is -1.17. The molecular formula is C19H15FN4O3. The SMILES string of the molecule is COC(=O)c1ccccc1Nc1cc(C(=O)Nc2cccc(F)c2)ncn1. The summed E-state index contributed by atoms with van der Waals surface area (Å²) in [4.78, 5) is 32.1. The van der Waals surface area contributed by atoms with Crippen LogP contribution in [0.2, 0.25) is 0 Å². The van der Waals surface area contributed by atoms with Gasteiger partial charge < -0.3 is 15.4 Å². The Hall–Kier alpha value is -3.81. The molecule has 3 rings (SSSR count). The highest BCUT2D eigenvalue weighted by atomic mass is 19.1. The number of anilines is 3. The summed E-state index contributed by atoms with van der Waals surface area (Å²) < 4.78 is 18.0. The van der Waals surface area contributed by atoms with E-state index in [-0.39, 0.29) is 5.69 Å². The minimum absolute atomic E-state index is 0.0762. The number of benzene rings is 2. The van der Waals surface area contributed by atoms with Gasteiger partial charge in [0.15, 0.2) is 0 Å². The van der Waals surface area contributed by atoms with Crippen molar-refractivity contribution in [3.8, 4) is 0 Å². The lowest BCUT2D eigenvalue weighted by molar-refractivity contribution is 0.0601. The largest absolute Gasteiger partial charge is 0.465 e. The molecule has 0 spiro atoms. The van der Waals surface area contributed by atoms with Crippen LogP contribution in [-0.2, 0) is 4.74 Å². The first kappa shape index (κ1) is 18.0. The minimum atomic E-state index is -0.521. The third-order valence-electron chi connectivity index (χ3n) is 3.58. The number of amides is 1. The fourth-order valence-corrected chi connectivity index (χ4v) is 2.33. The van der Waals surface area contributed by atoms with Crippen molar-refractivity contribution in [2.24, 2.45) is 0 Å². The van der Waals surface area contributed by atoms with Gasteiger partial charge in [-0.2, -0.15) is 0 Å². The van der Waals surface area contributed by atoms with Crippen molar-refractivity contribution < 1.29 is 18.7 Å². The van der Waals surface area contributed by atoms with Gasteiger partial charge in [0.1, 0.15) is 23.7 Å². The molecule has 0 aliphatic rings. The molecule has 0 atom stereocenters. The lowest BCUT2D eigenvalue weighted by Crippen LogP contribution is -2.14. The van der Waals surface area contributed by atoms with Crippen molar-refractivity contribution in [3.63, 3.8) is 0 Å². The average molecular weight is 366 g/mol. The zero-order chi connectivity index (χ0) is 19.2. The molecule has 0 saturated heterocycles. The predicted molar refractivity (Wildman–Crippen MR) is 97.4 cm³/mol. The number of carbonyl (C=O) groups excluding carboxylic acids is 2. The summed E-state index contributed by atoms with van der Waals surface area (Å²) in [6.45, 7) is 0. The molecule has 0 radical (unpaired) electrons. The maximum Gasteiger partial charge on any atom is 0.339 e. The van der Waals surface area contributed by atoms with Crippen LogP contribution in [-0.4, -0.2) is 29.0 Å². The zero-order valence-electron chi connectivity index (χ0n) is 14.3. The van der Waals surface area contributed by atoms with E-state index in [2.05, 4.69) is 20.6 Å². The number of nitrogens with one attached hydrogen (secondary N) is 2. The number of nitrogens with zero attached hydrogens (tertiary/aromatic N) is 2. The van der Waals surface area contributed by atoms with Crippen molar-refractivity contribution in [1.29, 1.82) is 0 Å². The molecule has 1 heterocycles. The smallest absolute Gasteiger partial charge is 0.339 e. The third-order valence-corrected chi connectivity index (χ3v) is 3.58. The highest BCUT2D eigenvalue weighted by molar-refractivity contribution is 6.03. The normalized spacial score (nSPS) is 10.1. The van der Waals surface area contributed by atoms with Crippen LogP contribution in [0.4, 0.5) is 21.6 Å². The maximum absolute atomic E-state index is 13.2. The number of ether oxygens (including phenoxy) is 1. The van der Waals surface area contributed by atoms with Gasteiger partial charge in [-0.25, -0.2) is 19.2 Å². The maximum atomic E-state index is 13.2. The average Bonchev–Trinajstić information content (AvgIpc) is 2.68. The van der Waals surface area contributed by atoms with E-state index in [4.69, 9.17) is 4.74 Å². The molecule has 0 fully saturated rings. The van der Waals surface area contributed by atoms with E-state index in [0.717, 1.165) is 0 Å². The molecule has 0 bridgehead atoms. The van der Waals surface area contributed by atoms with E-state index in [1.165, 1.54) is 37.7 Å². The highest BCUT2D eigenvalue weighted by Crippen LogP contribution is 2.20. The number of rotatable bonds is 5. The highest BCUT2D eigenvalue weighted by Gasteiger charge is 2.13. The van der Waals surface area contributed by atoms with Crippen molar-refractivity contribution in [2.45, 2.75) is 0 Å². The zero-order valence-corrected chi connectivity index (χ0v) is 14.3. The molecule has 0 aliphatic heterocycles. The lowest BCUT2D eigenvalue weighted by Gasteiger charge is -2.10. The van der Waals surface area contributed by atoms with Crippen molar-refractivity contribution in [2.75, 3.05) is 17.7 Å². The quantitative estimate of drug-likeness (QED) is 0.672. The van der Waals surface area contributed by atoms with Gasteiger partial charge >= 0.3 is 5.97 Å². The van der Waals surface area contributed by atoms with Gasteiger partial charge in [-0.05, 0) is 30.3 Å². The molecule has 0 aliphatic carbocycles. The summed E-state index contributed by atoms with van der Waals surface area (Å²) in [5.41, 5.74) is 1.18. The standard InChI is InChI=1S/C19H15FN4O3/c1-27-19(26)14-7-2-3-8-15(14)24-17-10-16(21-11-22-17)18(25)23-13-6-4-5-12(20)9-13/h2-11H,1H3,(H,23,25)(H,21,22,24). The van der Waals surface area contributed by atoms with Crippen LogP contribution in [0, 0.1) is 5.82 Å². The van der Waals surface area contributed by atoms with E-state index < -0.39 is 17.7 Å². The number of carbonyl (C=O) groups is 2. The first-order chi connectivity index (χ1) is 13.1. The number of halogens is 1. The second-order valence-electron chi connectivity index (χ2n) is 5.42. The fraction of sp³-hybridized carbons (Fsp3) is 0.0526. The summed E-state index contributed by atoms with van der Waals surface area (Å²) >= 11 is 0. The van der Waals surface area contributed by atoms with Gasteiger partial charge in [0, 0.05) is 11.8 Å². The Morgan fingerprint density at radius 3 is 2.63 bits per heavy atom. The first-order valence-corrected chi connectivity index (χ1v) is 7.90. The Labute approximate surface area is 154 Å². The van der Waals surface area contributed by atoms with Gasteiger partial charge in [-0.3, -0.25) is 4.79 Å². The number of aromatic nitrogens is 2. The van der Waals surface area contributed by atoms with Crippen LogP contribution in [0.25, 0.3) is 0 Å². The van der Waals surface area contributed by atoms with Crippen molar-refractivity contribution in [3.05, 3.63) is 78.0 Å². The Bertz CT molecular complexity index is 994. The lowest BCUT2D eigenvalue weighted by atomic mass is 10.2. The van der Waals surface area contributed by atoms with Gasteiger partial charge in [0.2, 0.25) is 0 Å². The topological polar surface area (TPSA) is 93.2 Å². The molecule has 2 aromatic carbocycles. The fourth-order valence-electron chi connectivity index (χ4n) is 2.33. The Balaban J connectivity index is 1.80. The molecule has 0 saturated carbocycles. The first-order valence-electron chi connectivity index (χ1n) is 7.90. The summed E-state index contributed by atoms with van der Waals surface area (Å²) in [6.07, 6.45) is 1.21. The Morgan fingerprint density at radius 1 is 1.04 bits per heavy atom. The summed E-state index contributed by atoms with van der Waals surface area (Å²) in [5, 5.41) is 5.52. The van der Waals surface area contributed by atoms with Crippen LogP contribution in [0.3, 0.4) is 0 Å². The molecule has 1 aromatic heterocycles. The van der Waals surface area contributed by atoms with E-state index in [0.29, 0.717) is 22.8 Å². The van der Waals surface area contributed by atoms with Gasteiger partial charge in [-0.1, -0.05) is 18.2 Å². The predicted octanol–water partition coefficient (Wildman–Crippen LogP) is 3.40. The number of hydrogen-bond donors (Lipinski definition) is 2. The molecule has 7 nitrogen and oxygen atoms in total. The van der Waals surface area contributed by atoms with Crippen LogP contribution in [0.5, 0.6) is 0 Å². The third kappa shape index (κ3) is 4.43. The Kier molecular flexibility index (Phi) is 5.36. The summed E-state index contributed by atoms with van der Waals surface area (Å²) in [7, 11) is 1.29. The monoisotopic (exact) mass is 366 g/mol. The van der Waals surface area contributed by atoms with E-state index in [9.17, 15) is 14.0 Å². The second-order valence-corrected chi connectivity index (χ2v) is 5.42. The number of hydrogen-bond acceptors (Lipinski definition) is 6. The van der Waals surface area contributed by atoms with Gasteiger partial charge in [0.05, 0.1) is 18.4 Å². The molecule has 2 N–H and O–H groups in total. The van der Waals surface area contributed by atoms with Crippen LogP contribution in [0.15, 0.2) is 60.9 Å². The van der Waals surface area contributed by atoms with Crippen LogP contribution < -0.4 is 10.6 Å².